The van der Waals surface area contributed by atoms with Crippen molar-refractivity contribution in [2.45, 2.75) is 87.8 Å². The molecule has 1 unspecified atom stereocenters. The molecule has 0 saturated heterocycles. The van der Waals surface area contributed by atoms with Gasteiger partial charge in [-0.3, -0.25) is 10.2 Å². The van der Waals surface area contributed by atoms with Gasteiger partial charge in [0.2, 0.25) is 5.89 Å². The van der Waals surface area contributed by atoms with Crippen molar-refractivity contribution in [2.75, 3.05) is 49.3 Å². The van der Waals surface area contributed by atoms with Crippen LogP contribution in [-0.4, -0.2) is 98.6 Å². The van der Waals surface area contributed by atoms with E-state index in [9.17, 15) is 19.2 Å². The number of oxazole rings is 1. The van der Waals surface area contributed by atoms with Gasteiger partial charge in [-0.15, -0.1) is 12.4 Å². The Hall–Kier alpha value is -5.72. The van der Waals surface area contributed by atoms with Crippen LogP contribution in [0.15, 0.2) is 40.8 Å². The number of hydrogen-bond donors (Lipinski definition) is 3. The fourth-order valence-electron chi connectivity index (χ4n) is 6.56. The van der Waals surface area contributed by atoms with Crippen LogP contribution in [0.1, 0.15) is 112 Å². The van der Waals surface area contributed by atoms with Gasteiger partial charge in [0, 0.05) is 43.7 Å². The second-order valence-corrected chi connectivity index (χ2v) is 16.3. The number of nitrogens with one attached hydrogen (secondary N) is 2. The van der Waals surface area contributed by atoms with Crippen molar-refractivity contribution in [3.05, 3.63) is 115 Å². The summed E-state index contributed by atoms with van der Waals surface area (Å²) >= 11 is 3.24. The summed E-state index contributed by atoms with van der Waals surface area (Å²) in [6, 6.07) is 11.0. The van der Waals surface area contributed by atoms with Crippen LogP contribution in [0.25, 0.3) is 22.6 Å². The molecule has 2 aromatic heterocycles. The summed E-state index contributed by atoms with van der Waals surface area (Å²) in [6.07, 6.45) is 0. The molecule has 0 bridgehead atoms. The summed E-state index contributed by atoms with van der Waals surface area (Å²) in [5.74, 6) is 0.866. The number of aryl methyl sites for hydroxylation is 8. The molecule has 18 heteroatoms. The summed E-state index contributed by atoms with van der Waals surface area (Å²) in [5.41, 5.74) is 16.8. The third-order valence-electron chi connectivity index (χ3n) is 9.68. The summed E-state index contributed by atoms with van der Waals surface area (Å²) in [5, 5.41) is 6.55. The van der Waals surface area contributed by atoms with E-state index in [-0.39, 0.29) is 54.8 Å². The molecule has 0 fully saturated rings. The number of carbonyl (C=O) groups excluding carboxylic acids is 4. The number of esters is 3. The Morgan fingerprint density at radius 1 is 0.657 bits per heavy atom. The number of Topliss-reactive ketones (excluding diaryl/α,β-unsaturated/α-hetero) is 1. The number of rotatable bonds is 13. The molecule has 16 nitrogen and oxygen atoms in total. The second kappa shape index (κ2) is 29.1. The molecule has 4 N–H and O–H groups in total. The number of alkyl halides is 1. The van der Waals surface area contributed by atoms with Crippen LogP contribution in [0.3, 0.4) is 0 Å². The number of ether oxygens (including phenoxy) is 6. The lowest BCUT2D eigenvalue weighted by atomic mass is 9.96. The standard InChI is InChI=1S/C16H20N2O3.C16H19NO4.C13H15BrO3.C3H8N2O.CH4.ClH/c1-9-6-10(2)13(16(19)21-5)7-12(9)15-11(3)17-14(18-15)8-20-4;1-9-6-10(2)13(16(18)20-5)7-12(9)15-11(3)17-14(21-15)8-19-4;1-7-5-8(2)11(13(16)17-4)6-10(7)12(15)9(3)14;1-6-2-3(4)5;;/h6-7H,8H2,1-5H3,(H,17,18);6-7H,8H2,1-5H3;5-6,9H,1-4H3;2H2,1H3,(H3,4,5);1H4;1H. The molecule has 2 heterocycles. The molecule has 368 valence electrons. The molecule has 0 radical (unpaired) electrons. The van der Waals surface area contributed by atoms with E-state index in [1.807, 2.05) is 79.7 Å². The summed E-state index contributed by atoms with van der Waals surface area (Å²) < 4.78 is 34.7. The molecule has 0 spiro atoms. The third-order valence-corrected chi connectivity index (χ3v) is 10.1. The number of methoxy groups -OCH3 is 6. The van der Waals surface area contributed by atoms with E-state index in [1.165, 1.54) is 28.4 Å². The molecule has 1 atom stereocenters. The largest absolute Gasteiger partial charge is 0.465 e. The zero-order valence-electron chi connectivity index (χ0n) is 40.4. The number of hydrogen-bond acceptors (Lipinski definition) is 14. The van der Waals surface area contributed by atoms with Crippen molar-refractivity contribution < 1.29 is 52.0 Å². The van der Waals surface area contributed by atoms with E-state index in [0.29, 0.717) is 47.1 Å². The third kappa shape index (κ3) is 17.1. The Kier molecular flexibility index (Phi) is 26.6. The fourth-order valence-corrected chi connectivity index (χ4v) is 6.81. The Morgan fingerprint density at radius 3 is 1.51 bits per heavy atom. The van der Waals surface area contributed by atoms with Gasteiger partial charge in [-0.25, -0.2) is 24.4 Å². The molecule has 0 aliphatic carbocycles. The van der Waals surface area contributed by atoms with Crippen LogP contribution in [0.4, 0.5) is 0 Å². The zero-order chi connectivity index (χ0) is 49.3. The predicted octanol–water partition coefficient (Wildman–Crippen LogP) is 9.82. The molecule has 3 aromatic carbocycles. The number of aromatic amines is 1. The number of benzene rings is 3. The van der Waals surface area contributed by atoms with Gasteiger partial charge in [0.05, 0.1) is 54.2 Å². The van der Waals surface area contributed by atoms with E-state index in [2.05, 4.69) is 35.6 Å². The van der Waals surface area contributed by atoms with Gasteiger partial charge in [-0.1, -0.05) is 41.6 Å². The first-order valence-electron chi connectivity index (χ1n) is 20.2. The predicted molar refractivity (Wildman–Crippen MR) is 266 cm³/mol. The van der Waals surface area contributed by atoms with E-state index < -0.39 is 5.97 Å². The first-order valence-corrected chi connectivity index (χ1v) is 21.1. The molecule has 5 aromatic rings. The monoisotopic (exact) mass is 1020 g/mol. The normalized spacial score (nSPS) is 10.5. The molecule has 0 saturated carbocycles. The van der Waals surface area contributed by atoms with Gasteiger partial charge in [0.15, 0.2) is 11.5 Å². The maximum Gasteiger partial charge on any atom is 0.338 e. The number of aromatic nitrogens is 3. The summed E-state index contributed by atoms with van der Waals surface area (Å²) in [7, 11) is 8.81. The summed E-state index contributed by atoms with van der Waals surface area (Å²) in [6.45, 7) is 18.0. The van der Waals surface area contributed by atoms with E-state index in [0.717, 1.165) is 67.4 Å². The van der Waals surface area contributed by atoms with Gasteiger partial charge in [-0.05, 0) is 114 Å². The molecule has 0 aliphatic heterocycles. The number of nitrogens with two attached hydrogens (primary N) is 1. The highest BCUT2D eigenvalue weighted by molar-refractivity contribution is 9.10. The van der Waals surface area contributed by atoms with Gasteiger partial charge < -0.3 is 43.6 Å². The lowest BCUT2D eigenvalue weighted by molar-refractivity contribution is 0.0590. The first-order chi connectivity index (χ1) is 30.6. The number of halogens is 2. The Morgan fingerprint density at radius 2 is 1.09 bits per heavy atom. The number of carbonyl (C=O) groups is 4. The van der Waals surface area contributed by atoms with Gasteiger partial charge >= 0.3 is 17.9 Å². The van der Waals surface area contributed by atoms with Gasteiger partial charge in [0.25, 0.3) is 0 Å². The smallest absolute Gasteiger partial charge is 0.338 e. The average molecular weight is 1020 g/mol. The van der Waals surface area contributed by atoms with E-state index in [1.54, 1.807) is 33.3 Å². The molecule has 67 heavy (non-hydrogen) atoms. The van der Waals surface area contributed by atoms with Crippen LogP contribution in [-0.2, 0) is 41.6 Å². The Balaban J connectivity index is 0.000000910. The number of H-pyrrole nitrogens is 1. The minimum Gasteiger partial charge on any atom is -0.465 e. The molecule has 0 aliphatic rings. The number of nitrogens with zero attached hydrogens (tertiary/aromatic N) is 2. The van der Waals surface area contributed by atoms with Crippen LogP contribution in [0.2, 0.25) is 0 Å². The maximum atomic E-state index is 11.9. The molecule has 0 amide bonds. The zero-order valence-corrected chi connectivity index (χ0v) is 42.8. The Labute approximate surface area is 409 Å². The highest BCUT2D eigenvalue weighted by Crippen LogP contribution is 2.31. The topological polar surface area (TPSA) is 228 Å². The fraction of sp³-hybridized carbons (Fsp3) is 0.408. The van der Waals surface area contributed by atoms with Crippen molar-refractivity contribution >= 4 is 57.9 Å². The van der Waals surface area contributed by atoms with Crippen molar-refractivity contribution in [3.8, 4) is 22.6 Å². The SMILES string of the molecule is C.COC(=O)c1cc(C(=O)C(C)Br)c(C)cc1C.COCC(=N)N.COCc1nc(-c2cc(C(=O)OC)c(C)cc2C)c(C)[nH]1.COCc1nc(C)c(-c2cc(C(=O)OC)c(C)cc2C)o1.Cl. The minimum absolute atomic E-state index is 0. The minimum atomic E-state index is -0.418. The van der Waals surface area contributed by atoms with Crippen molar-refractivity contribution in [1.82, 2.24) is 15.0 Å². The van der Waals surface area contributed by atoms with Crippen molar-refractivity contribution in [3.63, 3.8) is 0 Å². The van der Waals surface area contributed by atoms with Gasteiger partial charge in [-0.2, -0.15) is 0 Å². The highest BCUT2D eigenvalue weighted by Gasteiger charge is 2.21. The molecular formula is C49H67BrClN5O11. The molecule has 5 rings (SSSR count). The van der Waals surface area contributed by atoms with Crippen molar-refractivity contribution in [2.24, 2.45) is 5.73 Å². The van der Waals surface area contributed by atoms with Crippen molar-refractivity contribution in [1.29, 1.82) is 5.41 Å². The van der Waals surface area contributed by atoms with Gasteiger partial charge in [0.1, 0.15) is 31.5 Å². The maximum absolute atomic E-state index is 11.9. The lowest BCUT2D eigenvalue weighted by Gasteiger charge is -2.11. The van der Waals surface area contributed by atoms with E-state index in [4.69, 9.17) is 39.2 Å². The number of ketones is 1. The summed E-state index contributed by atoms with van der Waals surface area (Å²) in [4.78, 5) is 59.0. The Bertz CT molecular complexity index is 2360. The second-order valence-electron chi connectivity index (χ2n) is 14.9. The number of amidine groups is 1. The quantitative estimate of drug-likeness (QED) is 0.0249. The van der Waals surface area contributed by atoms with Crippen LogP contribution < -0.4 is 5.73 Å². The average Bonchev–Trinajstić information content (AvgIpc) is 3.80. The lowest BCUT2D eigenvalue weighted by Crippen LogP contribution is -2.15. The van der Waals surface area contributed by atoms with Crippen LogP contribution >= 0.6 is 28.3 Å². The van der Waals surface area contributed by atoms with E-state index >= 15 is 0 Å². The van der Waals surface area contributed by atoms with Crippen LogP contribution in [0.5, 0.6) is 0 Å². The highest BCUT2D eigenvalue weighted by atomic mass is 79.9. The first kappa shape index (κ1) is 61.3. The van der Waals surface area contributed by atoms with Crippen LogP contribution in [0, 0.1) is 60.8 Å². The molecular weight excluding hydrogens is 950 g/mol. The number of imidazole rings is 1.